The number of halogens is 1. The molecule has 1 N–H and O–H groups in total. The lowest BCUT2D eigenvalue weighted by molar-refractivity contribution is -0.131. The summed E-state index contributed by atoms with van der Waals surface area (Å²) in [6, 6.07) is 1.33. The lowest BCUT2D eigenvalue weighted by Crippen LogP contribution is -2.56. The van der Waals surface area contributed by atoms with Crippen LogP contribution in [0, 0.1) is 6.92 Å². The molecule has 2 rings (SSSR count). The van der Waals surface area contributed by atoms with Crippen LogP contribution < -0.4 is 5.32 Å². The maximum Gasteiger partial charge on any atom is 0.264 e. The van der Waals surface area contributed by atoms with Gasteiger partial charge in [-0.2, -0.15) is 0 Å². The van der Waals surface area contributed by atoms with Crippen LogP contribution in [-0.2, 0) is 9.53 Å². The summed E-state index contributed by atoms with van der Waals surface area (Å²) in [5.74, 6) is -0.272. The fourth-order valence-corrected chi connectivity index (χ4v) is 3.64. The Labute approximate surface area is 136 Å². The number of morpholine rings is 1. The third kappa shape index (κ3) is 3.84. The molecular formula is C14H19BrN2O3S. The van der Waals surface area contributed by atoms with E-state index in [2.05, 4.69) is 21.2 Å². The summed E-state index contributed by atoms with van der Waals surface area (Å²) in [7, 11) is 0. The molecule has 1 aromatic heterocycles. The number of nitrogens with zero attached hydrogens (tertiary/aromatic N) is 1. The minimum atomic E-state index is -0.560. The molecule has 1 atom stereocenters. The van der Waals surface area contributed by atoms with E-state index >= 15 is 0 Å². The zero-order valence-corrected chi connectivity index (χ0v) is 14.7. The molecule has 1 fully saturated rings. The highest BCUT2D eigenvalue weighted by Crippen LogP contribution is 2.29. The highest BCUT2D eigenvalue weighted by atomic mass is 79.9. The summed E-state index contributed by atoms with van der Waals surface area (Å²) in [5.41, 5.74) is 1.03. The number of nitrogens with one attached hydrogen (secondary N) is 1. The lowest BCUT2D eigenvalue weighted by Gasteiger charge is -2.34. The Kier molecular flexibility index (Phi) is 5.40. The first kappa shape index (κ1) is 16.5. The predicted molar refractivity (Wildman–Crippen MR) is 85.7 cm³/mol. The molecule has 2 amide bonds. The fraction of sp³-hybridized carbons (Fsp3) is 0.571. The third-order valence-electron chi connectivity index (χ3n) is 3.19. The van der Waals surface area contributed by atoms with Gasteiger partial charge in [-0.1, -0.05) is 0 Å². The Morgan fingerprint density at radius 1 is 1.52 bits per heavy atom. The number of hydrogen-bond acceptors (Lipinski definition) is 4. The molecule has 0 aromatic carbocycles. The van der Waals surface area contributed by atoms with Crippen LogP contribution in [0.15, 0.2) is 9.85 Å². The summed E-state index contributed by atoms with van der Waals surface area (Å²) < 4.78 is 6.32. The van der Waals surface area contributed by atoms with Gasteiger partial charge in [0.15, 0.2) is 0 Å². The highest BCUT2D eigenvalue weighted by molar-refractivity contribution is 9.11. The molecule has 1 saturated heterocycles. The smallest absolute Gasteiger partial charge is 0.264 e. The number of carbonyl (C=O) groups excluding carboxylic acids is 2. The van der Waals surface area contributed by atoms with Crippen LogP contribution in [0.25, 0.3) is 0 Å². The van der Waals surface area contributed by atoms with Gasteiger partial charge in [-0.3, -0.25) is 9.59 Å². The quantitative estimate of drug-likeness (QED) is 0.881. The van der Waals surface area contributed by atoms with Gasteiger partial charge in [0, 0.05) is 12.6 Å². The molecule has 7 heteroatoms. The Morgan fingerprint density at radius 2 is 2.24 bits per heavy atom. The highest BCUT2D eigenvalue weighted by Gasteiger charge is 2.34. The second-order valence-electron chi connectivity index (χ2n) is 5.32. The van der Waals surface area contributed by atoms with Crippen molar-refractivity contribution >= 4 is 39.1 Å². The average Bonchev–Trinajstić information content (AvgIpc) is 2.77. The van der Waals surface area contributed by atoms with Gasteiger partial charge >= 0.3 is 0 Å². The van der Waals surface area contributed by atoms with E-state index in [1.54, 1.807) is 4.90 Å². The van der Waals surface area contributed by atoms with Crippen LogP contribution in [0.1, 0.15) is 29.1 Å². The second kappa shape index (κ2) is 6.89. The second-order valence-corrected chi connectivity index (χ2v) is 7.69. The zero-order chi connectivity index (χ0) is 15.6. The molecule has 0 saturated carbocycles. The zero-order valence-electron chi connectivity index (χ0n) is 12.3. The molecule has 0 aliphatic carbocycles. The monoisotopic (exact) mass is 374 g/mol. The number of rotatable bonds is 3. The van der Waals surface area contributed by atoms with Crippen molar-refractivity contribution in [3.8, 4) is 0 Å². The number of carbonyl (C=O) groups is 2. The van der Waals surface area contributed by atoms with E-state index in [-0.39, 0.29) is 24.5 Å². The summed E-state index contributed by atoms with van der Waals surface area (Å²) in [5, 5.41) is 2.85. The first-order valence-corrected chi connectivity index (χ1v) is 8.46. The number of amides is 2. The van der Waals surface area contributed by atoms with Crippen molar-refractivity contribution in [3.05, 3.63) is 20.3 Å². The maximum atomic E-state index is 12.6. The van der Waals surface area contributed by atoms with E-state index in [1.807, 2.05) is 26.8 Å². The number of hydrogen-bond donors (Lipinski definition) is 1. The molecule has 0 spiro atoms. The van der Waals surface area contributed by atoms with E-state index in [1.165, 1.54) is 11.3 Å². The fourth-order valence-electron chi connectivity index (χ4n) is 2.15. The van der Waals surface area contributed by atoms with E-state index in [4.69, 9.17) is 4.74 Å². The minimum Gasteiger partial charge on any atom is -0.377 e. The van der Waals surface area contributed by atoms with E-state index in [0.29, 0.717) is 18.0 Å². The van der Waals surface area contributed by atoms with Crippen LogP contribution in [0.5, 0.6) is 0 Å². The molecule has 1 aromatic rings. The molecular weight excluding hydrogens is 356 g/mol. The predicted octanol–water partition coefficient (Wildman–Crippen LogP) is 2.18. The third-order valence-corrected chi connectivity index (χ3v) is 5.32. The van der Waals surface area contributed by atoms with Crippen molar-refractivity contribution in [3.63, 3.8) is 0 Å². The molecule has 1 aliphatic heterocycles. The maximum absolute atomic E-state index is 12.6. The van der Waals surface area contributed by atoms with Crippen molar-refractivity contribution < 1.29 is 14.3 Å². The largest absolute Gasteiger partial charge is 0.377 e. The number of aryl methyl sites for hydroxylation is 1. The van der Waals surface area contributed by atoms with E-state index in [0.717, 1.165) is 9.35 Å². The van der Waals surface area contributed by atoms with Crippen molar-refractivity contribution in [2.45, 2.75) is 32.9 Å². The van der Waals surface area contributed by atoms with Gasteiger partial charge in [0.05, 0.1) is 21.9 Å². The summed E-state index contributed by atoms with van der Waals surface area (Å²) in [6.45, 7) is 6.88. The SMILES string of the molecule is Cc1cc(C(=O)N2CCOCC2C(=O)NC(C)C)sc1Br. The van der Waals surface area contributed by atoms with E-state index in [9.17, 15) is 9.59 Å². The topological polar surface area (TPSA) is 58.6 Å². The Morgan fingerprint density at radius 3 is 2.81 bits per heavy atom. The first-order valence-electron chi connectivity index (χ1n) is 6.85. The molecule has 1 aliphatic rings. The van der Waals surface area contributed by atoms with Gasteiger partial charge < -0.3 is 15.0 Å². The van der Waals surface area contributed by atoms with E-state index < -0.39 is 6.04 Å². The van der Waals surface area contributed by atoms with Crippen molar-refractivity contribution in [2.24, 2.45) is 0 Å². The van der Waals surface area contributed by atoms with Gasteiger partial charge in [-0.05, 0) is 48.3 Å². The standard InChI is InChI=1S/C14H19BrN2O3S/c1-8(2)16-13(18)10-7-20-5-4-17(10)14(19)11-6-9(3)12(15)21-11/h6,8,10H,4-5,7H2,1-3H3,(H,16,18). The Hall–Kier alpha value is -0.920. The van der Waals surface area contributed by atoms with Crippen LogP contribution in [-0.4, -0.2) is 48.6 Å². The summed E-state index contributed by atoms with van der Waals surface area (Å²) in [4.78, 5) is 27.1. The van der Waals surface area contributed by atoms with Crippen molar-refractivity contribution in [2.75, 3.05) is 19.8 Å². The van der Waals surface area contributed by atoms with Gasteiger partial charge in [0.2, 0.25) is 5.91 Å². The molecule has 0 radical (unpaired) electrons. The van der Waals surface area contributed by atoms with Crippen LogP contribution >= 0.6 is 27.3 Å². The van der Waals surface area contributed by atoms with Gasteiger partial charge in [-0.15, -0.1) is 11.3 Å². The molecule has 1 unspecified atom stereocenters. The van der Waals surface area contributed by atoms with Crippen LogP contribution in [0.3, 0.4) is 0 Å². The van der Waals surface area contributed by atoms with Gasteiger partial charge in [0.25, 0.3) is 5.91 Å². The summed E-state index contributed by atoms with van der Waals surface area (Å²) in [6.07, 6.45) is 0. The number of thiophene rings is 1. The Balaban J connectivity index is 2.18. The van der Waals surface area contributed by atoms with Crippen molar-refractivity contribution in [1.82, 2.24) is 10.2 Å². The lowest BCUT2D eigenvalue weighted by atomic mass is 10.2. The van der Waals surface area contributed by atoms with Crippen LogP contribution in [0.2, 0.25) is 0 Å². The molecule has 2 heterocycles. The average molecular weight is 375 g/mol. The molecule has 5 nitrogen and oxygen atoms in total. The minimum absolute atomic E-state index is 0.0366. The molecule has 0 bridgehead atoms. The number of ether oxygens (including phenoxy) is 1. The van der Waals surface area contributed by atoms with Crippen LogP contribution in [0.4, 0.5) is 0 Å². The van der Waals surface area contributed by atoms with Gasteiger partial charge in [0.1, 0.15) is 6.04 Å². The first-order chi connectivity index (χ1) is 9.90. The van der Waals surface area contributed by atoms with Crippen molar-refractivity contribution in [1.29, 1.82) is 0 Å². The Bertz CT molecular complexity index is 525. The normalized spacial score (nSPS) is 18.9. The summed E-state index contributed by atoms with van der Waals surface area (Å²) >= 11 is 4.83. The molecule has 116 valence electrons. The molecule has 21 heavy (non-hydrogen) atoms. The van der Waals surface area contributed by atoms with Gasteiger partial charge in [-0.25, -0.2) is 0 Å².